The van der Waals surface area contributed by atoms with Crippen LogP contribution in [0.25, 0.3) is 16.9 Å². The molecule has 0 saturated carbocycles. The van der Waals surface area contributed by atoms with E-state index in [1.54, 1.807) is 12.3 Å². The van der Waals surface area contributed by atoms with Gasteiger partial charge < -0.3 is 5.11 Å². The monoisotopic (exact) mass is 288 g/mol. The van der Waals surface area contributed by atoms with Gasteiger partial charge >= 0.3 is 0 Å². The number of hydrogen-bond acceptors (Lipinski definition) is 2. The fraction of sp³-hybridized carbons (Fsp3) is 0. The third-order valence-corrected chi connectivity index (χ3v) is 3.06. The van der Waals surface area contributed by atoms with Gasteiger partial charge in [0.15, 0.2) is 11.4 Å². The zero-order valence-corrected chi connectivity index (χ0v) is 10.4. The first kappa shape index (κ1) is 10.4. The van der Waals surface area contributed by atoms with Crippen molar-refractivity contribution in [2.45, 2.75) is 0 Å². The van der Waals surface area contributed by atoms with Crippen molar-refractivity contribution in [3.8, 4) is 17.0 Å². The Balaban J connectivity index is 2.32. The Morgan fingerprint density at radius 2 is 1.94 bits per heavy atom. The summed E-state index contributed by atoms with van der Waals surface area (Å²) < 4.78 is 2.69. The summed E-state index contributed by atoms with van der Waals surface area (Å²) in [5, 5.41) is 9.80. The van der Waals surface area contributed by atoms with E-state index >= 15 is 0 Å². The summed E-state index contributed by atoms with van der Waals surface area (Å²) in [4.78, 5) is 4.23. The predicted octanol–water partition coefficient (Wildman–Crippen LogP) is 3.47. The van der Waals surface area contributed by atoms with E-state index in [2.05, 4.69) is 20.9 Å². The molecule has 2 heterocycles. The molecular formula is C13H9BrN2O. The Labute approximate surface area is 106 Å². The quantitative estimate of drug-likeness (QED) is 0.744. The van der Waals surface area contributed by atoms with Crippen LogP contribution in [0, 0.1) is 0 Å². The Morgan fingerprint density at radius 1 is 1.18 bits per heavy atom. The molecule has 3 rings (SSSR count). The normalized spacial score (nSPS) is 10.9. The van der Waals surface area contributed by atoms with E-state index in [0.717, 1.165) is 15.7 Å². The highest BCUT2D eigenvalue weighted by Gasteiger charge is 2.09. The Bertz CT molecular complexity index is 676. The molecule has 3 aromatic rings. The zero-order chi connectivity index (χ0) is 11.8. The van der Waals surface area contributed by atoms with Gasteiger partial charge in [-0.15, -0.1) is 0 Å². The molecule has 0 amide bonds. The van der Waals surface area contributed by atoms with E-state index < -0.39 is 0 Å². The summed E-state index contributed by atoms with van der Waals surface area (Å²) >= 11 is 3.37. The van der Waals surface area contributed by atoms with Crippen LogP contribution in [-0.4, -0.2) is 14.5 Å². The Morgan fingerprint density at radius 3 is 2.71 bits per heavy atom. The average molecular weight is 289 g/mol. The molecule has 0 fully saturated rings. The molecule has 0 aliphatic heterocycles. The third-order valence-electron chi connectivity index (χ3n) is 2.62. The van der Waals surface area contributed by atoms with Crippen molar-refractivity contribution in [3.63, 3.8) is 0 Å². The van der Waals surface area contributed by atoms with E-state index in [9.17, 15) is 5.11 Å². The number of benzene rings is 1. The minimum atomic E-state index is 0.168. The minimum absolute atomic E-state index is 0.168. The summed E-state index contributed by atoms with van der Waals surface area (Å²) in [5.41, 5.74) is 2.58. The molecule has 0 unspecified atom stereocenters. The third kappa shape index (κ3) is 1.70. The first-order chi connectivity index (χ1) is 8.25. The standard InChI is InChI=1S/C13H9BrN2O/c14-10-6-12(17)13-15-7-11(16(13)8-10)9-4-2-1-3-5-9/h1-8,17H. The Hall–Kier alpha value is -1.81. The number of halogens is 1. The van der Waals surface area contributed by atoms with Gasteiger partial charge in [0, 0.05) is 16.2 Å². The van der Waals surface area contributed by atoms with Crippen LogP contribution in [0.1, 0.15) is 0 Å². The van der Waals surface area contributed by atoms with E-state index in [1.165, 1.54) is 0 Å². The van der Waals surface area contributed by atoms with Crippen LogP contribution >= 0.6 is 15.9 Å². The lowest BCUT2D eigenvalue weighted by atomic mass is 10.2. The molecule has 0 atom stereocenters. The van der Waals surface area contributed by atoms with Crippen molar-refractivity contribution in [2.75, 3.05) is 0 Å². The maximum atomic E-state index is 9.80. The maximum absolute atomic E-state index is 9.80. The fourth-order valence-electron chi connectivity index (χ4n) is 1.86. The average Bonchev–Trinajstić information content (AvgIpc) is 2.74. The van der Waals surface area contributed by atoms with Crippen molar-refractivity contribution in [3.05, 3.63) is 53.3 Å². The van der Waals surface area contributed by atoms with Crippen molar-refractivity contribution >= 4 is 21.6 Å². The molecule has 2 aromatic heterocycles. The van der Waals surface area contributed by atoms with Crippen LogP contribution < -0.4 is 0 Å². The number of fused-ring (bicyclic) bond motifs is 1. The van der Waals surface area contributed by atoms with Gasteiger partial charge in [-0.25, -0.2) is 4.98 Å². The van der Waals surface area contributed by atoms with Gasteiger partial charge in [0.05, 0.1) is 11.9 Å². The number of aromatic nitrogens is 2. The largest absolute Gasteiger partial charge is 0.504 e. The first-order valence-corrected chi connectivity index (χ1v) is 5.96. The topological polar surface area (TPSA) is 37.5 Å². The number of imidazole rings is 1. The van der Waals surface area contributed by atoms with E-state index in [4.69, 9.17) is 0 Å². The van der Waals surface area contributed by atoms with E-state index in [1.807, 2.05) is 40.9 Å². The number of rotatable bonds is 1. The van der Waals surface area contributed by atoms with Gasteiger partial charge in [-0.05, 0) is 22.0 Å². The SMILES string of the molecule is Oc1cc(Br)cn2c(-c3ccccc3)cnc12. The van der Waals surface area contributed by atoms with Crippen LogP contribution in [0.15, 0.2) is 53.3 Å². The van der Waals surface area contributed by atoms with Gasteiger partial charge in [-0.3, -0.25) is 4.40 Å². The van der Waals surface area contributed by atoms with Gasteiger partial charge in [0.1, 0.15) is 0 Å². The van der Waals surface area contributed by atoms with Crippen molar-refractivity contribution in [1.29, 1.82) is 0 Å². The molecule has 1 aromatic carbocycles. The molecule has 0 aliphatic carbocycles. The second-order valence-corrected chi connectivity index (χ2v) is 4.66. The van der Waals surface area contributed by atoms with Crippen molar-refractivity contribution in [2.24, 2.45) is 0 Å². The van der Waals surface area contributed by atoms with Crippen LogP contribution in [0.2, 0.25) is 0 Å². The second kappa shape index (κ2) is 3.89. The molecule has 4 heteroatoms. The van der Waals surface area contributed by atoms with Gasteiger partial charge in [-0.2, -0.15) is 0 Å². The fourth-order valence-corrected chi connectivity index (χ4v) is 2.28. The molecule has 0 radical (unpaired) electrons. The molecular weight excluding hydrogens is 280 g/mol. The minimum Gasteiger partial charge on any atom is -0.504 e. The molecule has 1 N–H and O–H groups in total. The smallest absolute Gasteiger partial charge is 0.180 e. The summed E-state index contributed by atoms with van der Waals surface area (Å²) in [7, 11) is 0. The highest BCUT2D eigenvalue weighted by molar-refractivity contribution is 9.10. The van der Waals surface area contributed by atoms with E-state index in [0.29, 0.717) is 5.65 Å². The maximum Gasteiger partial charge on any atom is 0.180 e. The lowest BCUT2D eigenvalue weighted by molar-refractivity contribution is 0.477. The lowest BCUT2D eigenvalue weighted by Gasteiger charge is -2.03. The molecule has 0 saturated heterocycles. The van der Waals surface area contributed by atoms with E-state index in [-0.39, 0.29) is 5.75 Å². The van der Waals surface area contributed by atoms with Crippen molar-refractivity contribution in [1.82, 2.24) is 9.38 Å². The summed E-state index contributed by atoms with van der Waals surface area (Å²) in [6.45, 7) is 0. The summed E-state index contributed by atoms with van der Waals surface area (Å²) in [6, 6.07) is 11.6. The zero-order valence-electron chi connectivity index (χ0n) is 8.84. The highest BCUT2D eigenvalue weighted by Crippen LogP contribution is 2.27. The van der Waals surface area contributed by atoms with Crippen LogP contribution in [0.3, 0.4) is 0 Å². The molecule has 84 valence electrons. The summed E-state index contributed by atoms with van der Waals surface area (Å²) in [5.74, 6) is 0.168. The number of aromatic hydroxyl groups is 1. The number of hydrogen-bond donors (Lipinski definition) is 1. The van der Waals surface area contributed by atoms with Crippen LogP contribution in [0.4, 0.5) is 0 Å². The van der Waals surface area contributed by atoms with Gasteiger partial charge in [0.25, 0.3) is 0 Å². The molecule has 0 bridgehead atoms. The Kier molecular flexibility index (Phi) is 2.37. The highest BCUT2D eigenvalue weighted by atomic mass is 79.9. The number of pyridine rings is 1. The van der Waals surface area contributed by atoms with Crippen molar-refractivity contribution < 1.29 is 5.11 Å². The van der Waals surface area contributed by atoms with Crippen LogP contribution in [0.5, 0.6) is 5.75 Å². The summed E-state index contributed by atoms with van der Waals surface area (Å²) in [6.07, 6.45) is 3.65. The second-order valence-electron chi connectivity index (χ2n) is 3.75. The van der Waals surface area contributed by atoms with Gasteiger partial charge in [0.2, 0.25) is 0 Å². The molecule has 0 aliphatic rings. The first-order valence-electron chi connectivity index (χ1n) is 5.17. The molecule has 0 spiro atoms. The molecule has 3 nitrogen and oxygen atoms in total. The number of nitrogens with zero attached hydrogens (tertiary/aromatic N) is 2. The van der Waals surface area contributed by atoms with Crippen LogP contribution in [-0.2, 0) is 0 Å². The predicted molar refractivity (Wildman–Crippen MR) is 70.0 cm³/mol. The lowest BCUT2D eigenvalue weighted by Crippen LogP contribution is -1.88. The molecule has 17 heavy (non-hydrogen) atoms. The van der Waals surface area contributed by atoms with Gasteiger partial charge in [-0.1, -0.05) is 30.3 Å².